The van der Waals surface area contributed by atoms with Gasteiger partial charge < -0.3 is 10.6 Å². The van der Waals surface area contributed by atoms with Gasteiger partial charge in [0.25, 0.3) is 0 Å². The van der Waals surface area contributed by atoms with Crippen molar-refractivity contribution in [2.75, 3.05) is 18.4 Å². The lowest BCUT2D eigenvalue weighted by Gasteiger charge is -2.10. The predicted octanol–water partition coefficient (Wildman–Crippen LogP) is 1.78. The number of pyridine rings is 1. The van der Waals surface area contributed by atoms with Crippen molar-refractivity contribution in [3.05, 3.63) is 24.0 Å². The summed E-state index contributed by atoms with van der Waals surface area (Å²) in [6.07, 6.45) is 2.65. The summed E-state index contributed by atoms with van der Waals surface area (Å²) in [5.41, 5.74) is 1.67. The van der Waals surface area contributed by atoms with E-state index in [2.05, 4.69) is 15.6 Å². The van der Waals surface area contributed by atoms with Crippen molar-refractivity contribution < 1.29 is 4.79 Å². The van der Waals surface area contributed by atoms with Gasteiger partial charge in [-0.15, -0.1) is 24.8 Å². The molecule has 6 heteroatoms. The topological polar surface area (TPSA) is 54.0 Å². The average Bonchev–Trinajstić information content (AvgIpc) is 2.74. The van der Waals surface area contributed by atoms with Crippen molar-refractivity contribution in [2.24, 2.45) is 5.92 Å². The number of carbonyl (C=O) groups excluding carboxylic acids is 1. The van der Waals surface area contributed by atoms with Gasteiger partial charge in [0.05, 0.1) is 17.3 Å². The standard InChI is InChI=1S/C11H15N3O.2ClH/c1-8-10(3-2-5-13-8)14-11(15)9-4-6-12-7-9;;/h2-3,5,9,12H,4,6-7H2,1H3,(H,14,15);2*1H. The molecule has 1 aromatic rings. The smallest absolute Gasteiger partial charge is 0.228 e. The van der Waals surface area contributed by atoms with Crippen molar-refractivity contribution in [1.82, 2.24) is 10.3 Å². The maximum atomic E-state index is 11.8. The Morgan fingerprint density at radius 1 is 1.53 bits per heavy atom. The van der Waals surface area contributed by atoms with E-state index in [1.807, 2.05) is 19.1 Å². The van der Waals surface area contributed by atoms with E-state index in [0.717, 1.165) is 30.9 Å². The fraction of sp³-hybridized carbons (Fsp3) is 0.455. The van der Waals surface area contributed by atoms with Gasteiger partial charge in [0, 0.05) is 12.7 Å². The molecule has 0 radical (unpaired) electrons. The highest BCUT2D eigenvalue weighted by Gasteiger charge is 2.22. The number of hydrogen-bond acceptors (Lipinski definition) is 3. The minimum absolute atomic E-state index is 0. The van der Waals surface area contributed by atoms with Crippen molar-refractivity contribution in [3.8, 4) is 0 Å². The van der Waals surface area contributed by atoms with Crippen LogP contribution in [0.4, 0.5) is 5.69 Å². The Hall–Kier alpha value is -0.840. The van der Waals surface area contributed by atoms with Crippen LogP contribution in [0.25, 0.3) is 0 Å². The van der Waals surface area contributed by atoms with Gasteiger partial charge in [-0.25, -0.2) is 0 Å². The van der Waals surface area contributed by atoms with E-state index < -0.39 is 0 Å². The van der Waals surface area contributed by atoms with Gasteiger partial charge in [-0.3, -0.25) is 9.78 Å². The van der Waals surface area contributed by atoms with E-state index in [9.17, 15) is 4.79 Å². The molecular formula is C11H17Cl2N3O. The van der Waals surface area contributed by atoms with Crippen LogP contribution in [-0.4, -0.2) is 24.0 Å². The first-order valence-corrected chi connectivity index (χ1v) is 5.20. The molecule has 0 saturated carbocycles. The molecule has 4 nitrogen and oxygen atoms in total. The number of nitrogens with zero attached hydrogens (tertiary/aromatic N) is 1. The van der Waals surface area contributed by atoms with Crippen molar-refractivity contribution in [1.29, 1.82) is 0 Å². The molecule has 2 rings (SSSR count). The molecule has 1 atom stereocenters. The molecule has 0 aromatic carbocycles. The lowest BCUT2D eigenvalue weighted by Crippen LogP contribution is -2.25. The predicted molar refractivity (Wildman–Crippen MR) is 73.1 cm³/mol. The Bertz CT molecular complexity index is 367. The summed E-state index contributed by atoms with van der Waals surface area (Å²) >= 11 is 0. The first-order chi connectivity index (χ1) is 7.27. The highest BCUT2D eigenvalue weighted by atomic mass is 35.5. The quantitative estimate of drug-likeness (QED) is 0.867. The van der Waals surface area contributed by atoms with E-state index in [1.165, 1.54) is 0 Å². The maximum absolute atomic E-state index is 11.8. The highest BCUT2D eigenvalue weighted by Crippen LogP contribution is 2.14. The summed E-state index contributed by atoms with van der Waals surface area (Å²) < 4.78 is 0. The van der Waals surface area contributed by atoms with Gasteiger partial charge in [0.15, 0.2) is 0 Å². The third-order valence-electron chi connectivity index (χ3n) is 2.70. The van der Waals surface area contributed by atoms with Crippen molar-refractivity contribution >= 4 is 36.4 Å². The van der Waals surface area contributed by atoms with E-state index in [0.29, 0.717) is 0 Å². The van der Waals surface area contributed by atoms with Crippen LogP contribution < -0.4 is 10.6 Å². The molecule has 0 spiro atoms. The Morgan fingerprint density at radius 3 is 2.88 bits per heavy atom. The number of aromatic nitrogens is 1. The molecule has 0 bridgehead atoms. The molecule has 1 fully saturated rings. The van der Waals surface area contributed by atoms with Gasteiger partial charge in [-0.1, -0.05) is 0 Å². The number of hydrogen-bond donors (Lipinski definition) is 2. The number of amides is 1. The fourth-order valence-electron chi connectivity index (χ4n) is 1.73. The van der Waals surface area contributed by atoms with Gasteiger partial charge in [-0.2, -0.15) is 0 Å². The molecule has 1 unspecified atom stereocenters. The molecule has 2 heterocycles. The Labute approximate surface area is 113 Å². The molecule has 1 aromatic heterocycles. The molecule has 1 amide bonds. The summed E-state index contributed by atoms with van der Waals surface area (Å²) in [5.74, 6) is 0.195. The lowest BCUT2D eigenvalue weighted by atomic mass is 10.1. The first-order valence-electron chi connectivity index (χ1n) is 5.20. The molecule has 1 saturated heterocycles. The van der Waals surface area contributed by atoms with Crippen LogP contribution in [0.2, 0.25) is 0 Å². The normalized spacial score (nSPS) is 17.8. The molecule has 96 valence electrons. The maximum Gasteiger partial charge on any atom is 0.228 e. The molecule has 1 aliphatic rings. The summed E-state index contributed by atoms with van der Waals surface area (Å²) in [4.78, 5) is 15.9. The third-order valence-corrected chi connectivity index (χ3v) is 2.70. The van der Waals surface area contributed by atoms with Gasteiger partial charge in [0.2, 0.25) is 5.91 Å². The van der Waals surface area contributed by atoms with Crippen molar-refractivity contribution in [3.63, 3.8) is 0 Å². The summed E-state index contributed by atoms with van der Waals surface area (Å²) in [6, 6.07) is 3.71. The first kappa shape index (κ1) is 16.2. The largest absolute Gasteiger partial charge is 0.324 e. The van der Waals surface area contributed by atoms with Crippen molar-refractivity contribution in [2.45, 2.75) is 13.3 Å². The number of nitrogens with one attached hydrogen (secondary N) is 2. The van der Waals surface area contributed by atoms with Crippen LogP contribution in [0.5, 0.6) is 0 Å². The SMILES string of the molecule is Cc1ncccc1NC(=O)C1CCNC1.Cl.Cl. The molecule has 1 aliphatic heterocycles. The fourth-order valence-corrected chi connectivity index (χ4v) is 1.73. The number of rotatable bonds is 2. The van der Waals surface area contributed by atoms with E-state index in [-0.39, 0.29) is 36.6 Å². The van der Waals surface area contributed by atoms with E-state index in [4.69, 9.17) is 0 Å². The molecular weight excluding hydrogens is 261 g/mol. The zero-order valence-electron chi connectivity index (χ0n) is 9.60. The van der Waals surface area contributed by atoms with Crippen LogP contribution in [0.3, 0.4) is 0 Å². The number of halogens is 2. The number of anilines is 1. The molecule has 2 N–H and O–H groups in total. The van der Waals surface area contributed by atoms with Crippen LogP contribution >= 0.6 is 24.8 Å². The van der Waals surface area contributed by atoms with E-state index >= 15 is 0 Å². The number of aryl methyl sites for hydroxylation is 1. The summed E-state index contributed by atoms with van der Waals surface area (Å²) in [7, 11) is 0. The Morgan fingerprint density at radius 2 is 2.29 bits per heavy atom. The second kappa shape index (κ2) is 7.48. The monoisotopic (exact) mass is 277 g/mol. The second-order valence-corrected chi connectivity index (χ2v) is 3.82. The summed E-state index contributed by atoms with van der Waals surface area (Å²) in [6.45, 7) is 3.61. The highest BCUT2D eigenvalue weighted by molar-refractivity contribution is 5.93. The molecule has 0 aliphatic carbocycles. The van der Waals surface area contributed by atoms with Gasteiger partial charge >= 0.3 is 0 Å². The van der Waals surface area contributed by atoms with Crippen LogP contribution in [-0.2, 0) is 4.79 Å². The lowest BCUT2D eigenvalue weighted by molar-refractivity contribution is -0.119. The molecule has 17 heavy (non-hydrogen) atoms. The van der Waals surface area contributed by atoms with E-state index in [1.54, 1.807) is 6.20 Å². The minimum Gasteiger partial charge on any atom is -0.324 e. The Kier molecular flexibility index (Phi) is 7.11. The average molecular weight is 278 g/mol. The van der Waals surface area contributed by atoms with Crippen LogP contribution in [0.1, 0.15) is 12.1 Å². The second-order valence-electron chi connectivity index (χ2n) is 3.82. The van der Waals surface area contributed by atoms with Crippen LogP contribution in [0, 0.1) is 12.8 Å². The Balaban J connectivity index is 0.00000128. The third kappa shape index (κ3) is 4.15. The summed E-state index contributed by atoms with van der Waals surface area (Å²) in [5, 5.41) is 6.09. The van der Waals surface area contributed by atoms with Crippen LogP contribution in [0.15, 0.2) is 18.3 Å². The van der Waals surface area contributed by atoms with Gasteiger partial charge in [0.1, 0.15) is 0 Å². The zero-order valence-corrected chi connectivity index (χ0v) is 11.2. The number of carbonyl (C=O) groups is 1. The zero-order chi connectivity index (χ0) is 10.7. The van der Waals surface area contributed by atoms with Gasteiger partial charge in [-0.05, 0) is 32.0 Å². The minimum atomic E-state index is 0.